The molecule has 0 bridgehead atoms. The molecule has 1 aliphatic rings. The average Bonchev–Trinajstić information content (AvgIpc) is 2.65. The summed E-state index contributed by atoms with van der Waals surface area (Å²) in [6.07, 6.45) is -0.0749. The van der Waals surface area contributed by atoms with Crippen molar-refractivity contribution in [3.05, 3.63) is 29.3 Å². The Morgan fingerprint density at radius 2 is 1.70 bits per heavy atom. The molecule has 0 unspecified atom stereocenters. The number of aryl methyl sites for hydroxylation is 1. The number of amides is 3. The van der Waals surface area contributed by atoms with Crippen LogP contribution in [0, 0.1) is 13.8 Å². The predicted octanol–water partition coefficient (Wildman–Crippen LogP) is 2.35. The molecular weight excluding hydrogens is 346 g/mol. The molecule has 0 aromatic heterocycles. The van der Waals surface area contributed by atoms with E-state index in [1.807, 2.05) is 32.0 Å². The van der Waals surface area contributed by atoms with Crippen LogP contribution in [0.3, 0.4) is 0 Å². The van der Waals surface area contributed by atoms with Gasteiger partial charge in [0.05, 0.1) is 6.61 Å². The summed E-state index contributed by atoms with van der Waals surface area (Å²) in [5.41, 5.74) is 3.01. The summed E-state index contributed by atoms with van der Waals surface area (Å²) in [7, 11) is 0. The van der Waals surface area contributed by atoms with E-state index in [9.17, 15) is 14.4 Å². The third kappa shape index (κ3) is 5.21. The Morgan fingerprint density at radius 1 is 1.07 bits per heavy atom. The van der Waals surface area contributed by atoms with Crippen LogP contribution in [-0.4, -0.2) is 67.0 Å². The Kier molecular flexibility index (Phi) is 7.21. The maximum atomic E-state index is 12.6. The molecule has 3 amide bonds. The Hall–Kier alpha value is -2.57. The minimum absolute atomic E-state index is 0.00457. The highest BCUT2D eigenvalue weighted by molar-refractivity contribution is 5.93. The van der Waals surface area contributed by atoms with Crippen molar-refractivity contribution < 1.29 is 19.1 Å². The van der Waals surface area contributed by atoms with Crippen LogP contribution >= 0.6 is 0 Å². The number of benzene rings is 1. The molecule has 1 aromatic carbocycles. The van der Waals surface area contributed by atoms with E-state index in [1.165, 1.54) is 6.92 Å². The third-order valence-corrected chi connectivity index (χ3v) is 4.95. The molecule has 0 atom stereocenters. The van der Waals surface area contributed by atoms with Crippen molar-refractivity contribution in [3.63, 3.8) is 0 Å². The van der Waals surface area contributed by atoms with Crippen LogP contribution < -0.4 is 4.90 Å². The maximum absolute atomic E-state index is 12.6. The molecule has 1 fully saturated rings. The molecular formula is C20H29N3O4. The molecule has 0 N–H and O–H groups in total. The molecule has 0 radical (unpaired) electrons. The minimum atomic E-state index is -0.331. The predicted molar refractivity (Wildman–Crippen MR) is 104 cm³/mol. The van der Waals surface area contributed by atoms with E-state index in [2.05, 4.69) is 0 Å². The monoisotopic (exact) mass is 375 g/mol. The zero-order valence-corrected chi connectivity index (χ0v) is 16.7. The fraction of sp³-hybridized carbons (Fsp3) is 0.550. The molecule has 148 valence electrons. The highest BCUT2D eigenvalue weighted by atomic mass is 16.6. The molecule has 0 spiro atoms. The first-order valence-electron chi connectivity index (χ1n) is 9.39. The molecule has 1 aliphatic heterocycles. The van der Waals surface area contributed by atoms with E-state index >= 15 is 0 Å². The normalized spacial score (nSPS) is 14.1. The van der Waals surface area contributed by atoms with Gasteiger partial charge in [-0.1, -0.05) is 12.1 Å². The zero-order valence-electron chi connectivity index (χ0n) is 16.7. The molecule has 27 heavy (non-hydrogen) atoms. The Labute approximate surface area is 160 Å². The van der Waals surface area contributed by atoms with Gasteiger partial charge in [0.15, 0.2) is 0 Å². The lowest BCUT2D eigenvalue weighted by molar-refractivity contribution is -0.132. The van der Waals surface area contributed by atoms with Crippen LogP contribution in [0.5, 0.6) is 0 Å². The largest absolute Gasteiger partial charge is 0.450 e. The van der Waals surface area contributed by atoms with Gasteiger partial charge in [0.25, 0.3) is 0 Å². The van der Waals surface area contributed by atoms with Gasteiger partial charge in [-0.2, -0.15) is 0 Å². The van der Waals surface area contributed by atoms with Crippen molar-refractivity contribution in [1.82, 2.24) is 9.80 Å². The number of nitrogens with zero attached hydrogens (tertiary/aromatic N) is 3. The fourth-order valence-electron chi connectivity index (χ4n) is 3.19. The molecule has 7 heteroatoms. The number of piperazine rings is 1. The number of hydrogen-bond acceptors (Lipinski definition) is 4. The summed E-state index contributed by atoms with van der Waals surface area (Å²) in [5, 5.41) is 0. The van der Waals surface area contributed by atoms with Gasteiger partial charge < -0.3 is 19.4 Å². The number of anilines is 1. The topological polar surface area (TPSA) is 70.2 Å². The van der Waals surface area contributed by atoms with E-state index in [0.717, 1.165) is 16.8 Å². The second kappa shape index (κ2) is 9.39. The van der Waals surface area contributed by atoms with E-state index in [4.69, 9.17) is 4.74 Å². The van der Waals surface area contributed by atoms with Crippen LogP contribution in [0.15, 0.2) is 18.2 Å². The summed E-state index contributed by atoms with van der Waals surface area (Å²) < 4.78 is 4.99. The summed E-state index contributed by atoms with van der Waals surface area (Å²) in [6, 6.07) is 5.84. The standard InChI is InChI=1S/C20H29N3O4/c1-5-27-20(26)22-13-11-21(12-14-22)19(25)9-10-23(17(4)24)18-8-6-7-15(2)16(18)3/h6-8H,5,9-14H2,1-4H3. The lowest BCUT2D eigenvalue weighted by Crippen LogP contribution is -2.51. The van der Waals surface area contributed by atoms with Gasteiger partial charge in [0.1, 0.15) is 0 Å². The van der Waals surface area contributed by atoms with E-state index in [-0.39, 0.29) is 24.3 Å². The number of hydrogen-bond donors (Lipinski definition) is 0. The highest BCUT2D eigenvalue weighted by Gasteiger charge is 2.25. The fourth-order valence-corrected chi connectivity index (χ4v) is 3.19. The summed E-state index contributed by atoms with van der Waals surface area (Å²) in [5.74, 6) is -0.0845. The molecule has 2 rings (SSSR count). The quantitative estimate of drug-likeness (QED) is 0.792. The van der Waals surface area contributed by atoms with E-state index in [1.54, 1.807) is 21.6 Å². The summed E-state index contributed by atoms with van der Waals surface area (Å²) in [6.45, 7) is 9.88. The van der Waals surface area contributed by atoms with Crippen molar-refractivity contribution >= 4 is 23.6 Å². The second-order valence-electron chi connectivity index (χ2n) is 6.71. The van der Waals surface area contributed by atoms with E-state index < -0.39 is 0 Å². The van der Waals surface area contributed by atoms with Crippen LogP contribution in [0.2, 0.25) is 0 Å². The SMILES string of the molecule is CCOC(=O)N1CCN(C(=O)CCN(C(C)=O)c2cccc(C)c2C)CC1. The average molecular weight is 375 g/mol. The van der Waals surface area contributed by atoms with Gasteiger partial charge in [-0.05, 0) is 38.0 Å². The molecule has 0 saturated carbocycles. The molecule has 0 aliphatic carbocycles. The molecule has 1 saturated heterocycles. The van der Waals surface area contributed by atoms with Gasteiger partial charge in [0.2, 0.25) is 11.8 Å². The van der Waals surface area contributed by atoms with Crippen LogP contribution in [0.4, 0.5) is 10.5 Å². The smallest absolute Gasteiger partial charge is 0.409 e. The van der Waals surface area contributed by atoms with Gasteiger partial charge in [-0.3, -0.25) is 9.59 Å². The van der Waals surface area contributed by atoms with Crippen molar-refractivity contribution in [2.24, 2.45) is 0 Å². The first-order chi connectivity index (χ1) is 12.8. The minimum Gasteiger partial charge on any atom is -0.450 e. The highest BCUT2D eigenvalue weighted by Crippen LogP contribution is 2.23. The van der Waals surface area contributed by atoms with E-state index in [0.29, 0.717) is 39.3 Å². The lowest BCUT2D eigenvalue weighted by atomic mass is 10.1. The van der Waals surface area contributed by atoms with Crippen LogP contribution in [0.25, 0.3) is 0 Å². The number of carbonyl (C=O) groups excluding carboxylic acids is 3. The van der Waals surface area contributed by atoms with Crippen molar-refractivity contribution in [3.8, 4) is 0 Å². The van der Waals surface area contributed by atoms with Gasteiger partial charge in [-0.25, -0.2) is 4.79 Å². The Balaban J connectivity index is 1.93. The van der Waals surface area contributed by atoms with Crippen LogP contribution in [0.1, 0.15) is 31.4 Å². The van der Waals surface area contributed by atoms with Gasteiger partial charge >= 0.3 is 6.09 Å². The van der Waals surface area contributed by atoms with Crippen molar-refractivity contribution in [2.75, 3.05) is 44.2 Å². The van der Waals surface area contributed by atoms with Crippen molar-refractivity contribution in [2.45, 2.75) is 34.1 Å². The number of ether oxygens (including phenoxy) is 1. The van der Waals surface area contributed by atoms with Gasteiger partial charge in [-0.15, -0.1) is 0 Å². The first-order valence-corrected chi connectivity index (χ1v) is 9.39. The summed E-state index contributed by atoms with van der Waals surface area (Å²) in [4.78, 5) is 41.4. The zero-order chi connectivity index (χ0) is 20.0. The van der Waals surface area contributed by atoms with Crippen LogP contribution in [-0.2, 0) is 14.3 Å². The second-order valence-corrected chi connectivity index (χ2v) is 6.71. The Morgan fingerprint density at radius 3 is 2.30 bits per heavy atom. The lowest BCUT2D eigenvalue weighted by Gasteiger charge is -2.34. The number of carbonyl (C=O) groups is 3. The first kappa shape index (κ1) is 20.7. The molecule has 1 aromatic rings. The molecule has 7 nitrogen and oxygen atoms in total. The van der Waals surface area contributed by atoms with Crippen molar-refractivity contribution in [1.29, 1.82) is 0 Å². The molecule has 1 heterocycles. The maximum Gasteiger partial charge on any atom is 0.409 e. The van der Waals surface area contributed by atoms with Gasteiger partial charge in [0, 0.05) is 51.8 Å². The summed E-state index contributed by atoms with van der Waals surface area (Å²) >= 11 is 0. The number of rotatable bonds is 5. The Bertz CT molecular complexity index is 696. The third-order valence-electron chi connectivity index (χ3n) is 4.95.